The number of likely N-dealkylation sites (N-methyl/N-ethyl adjacent to an activating group) is 1. The summed E-state index contributed by atoms with van der Waals surface area (Å²) in [6.07, 6.45) is 1.53. The van der Waals surface area contributed by atoms with Gasteiger partial charge in [0.1, 0.15) is 6.54 Å². The van der Waals surface area contributed by atoms with Crippen molar-refractivity contribution < 1.29 is 9.72 Å². The van der Waals surface area contributed by atoms with Crippen molar-refractivity contribution in [1.29, 1.82) is 0 Å². The first-order chi connectivity index (χ1) is 14.9. The van der Waals surface area contributed by atoms with E-state index in [0.29, 0.717) is 10.6 Å². The number of non-ortho nitro benzene ring substituents is 1. The lowest BCUT2D eigenvalue weighted by molar-refractivity contribution is -0.384. The van der Waals surface area contributed by atoms with Gasteiger partial charge in [-0.05, 0) is 23.8 Å². The molecule has 4 rings (SSSR count). The Morgan fingerprint density at radius 3 is 2.61 bits per heavy atom. The van der Waals surface area contributed by atoms with Crippen molar-refractivity contribution in [3.63, 3.8) is 0 Å². The molecule has 0 radical (unpaired) electrons. The average molecular weight is 435 g/mol. The fourth-order valence-electron chi connectivity index (χ4n) is 3.63. The Kier molecular flexibility index (Phi) is 5.68. The summed E-state index contributed by atoms with van der Waals surface area (Å²) in [5.74, 6) is -0.127. The summed E-state index contributed by atoms with van der Waals surface area (Å²) in [7, 11) is 1.73. The largest absolute Gasteiger partial charge is 0.314 e. The maximum Gasteiger partial charge on any atom is 0.270 e. The molecule has 0 aromatic heterocycles. The molecule has 0 bridgehead atoms. The van der Waals surface area contributed by atoms with Crippen LogP contribution in [0.25, 0.3) is 0 Å². The molecule has 1 unspecified atom stereocenters. The lowest BCUT2D eigenvalue weighted by Crippen LogP contribution is -2.34. The number of amides is 1. The van der Waals surface area contributed by atoms with Crippen LogP contribution >= 0.6 is 11.6 Å². The van der Waals surface area contributed by atoms with Gasteiger partial charge in [-0.1, -0.05) is 54.1 Å². The van der Waals surface area contributed by atoms with E-state index in [9.17, 15) is 14.9 Å². The van der Waals surface area contributed by atoms with Gasteiger partial charge in [-0.3, -0.25) is 19.9 Å². The predicted molar refractivity (Wildman–Crippen MR) is 121 cm³/mol. The van der Waals surface area contributed by atoms with Gasteiger partial charge in [-0.15, -0.1) is 0 Å². The summed E-state index contributed by atoms with van der Waals surface area (Å²) in [5, 5.41) is 17.9. The lowest BCUT2D eigenvalue weighted by atomic mass is 9.97. The first kappa shape index (κ1) is 20.6. The molecule has 3 aromatic carbocycles. The molecule has 0 saturated heterocycles. The number of carbonyl (C=O) groups excluding carboxylic acids is 1. The van der Waals surface area contributed by atoms with E-state index in [1.807, 2.05) is 42.5 Å². The molecule has 3 aromatic rings. The van der Waals surface area contributed by atoms with Crippen LogP contribution in [0.1, 0.15) is 22.7 Å². The Balaban J connectivity index is 1.82. The smallest absolute Gasteiger partial charge is 0.270 e. The molecule has 0 spiro atoms. The van der Waals surface area contributed by atoms with Crippen LogP contribution in [0.2, 0.25) is 5.02 Å². The topological polar surface area (TPSA) is 79.0 Å². The molecule has 0 aliphatic carbocycles. The quantitative estimate of drug-likeness (QED) is 0.340. The van der Waals surface area contributed by atoms with Crippen LogP contribution in [-0.2, 0) is 4.79 Å². The molecule has 1 aliphatic rings. The number of fused-ring (bicyclic) bond motifs is 1. The maximum absolute atomic E-state index is 12.9. The minimum absolute atomic E-state index is 0.0210. The Hall–Kier alpha value is -3.71. The molecule has 1 amide bonds. The third-order valence-electron chi connectivity index (χ3n) is 5.17. The summed E-state index contributed by atoms with van der Waals surface area (Å²) in [6, 6.07) is 21.0. The van der Waals surface area contributed by atoms with Crippen molar-refractivity contribution in [2.24, 2.45) is 5.10 Å². The highest BCUT2D eigenvalue weighted by Crippen LogP contribution is 2.39. The minimum atomic E-state index is -0.452. The van der Waals surface area contributed by atoms with Crippen LogP contribution in [-0.4, -0.2) is 35.6 Å². The molecule has 156 valence electrons. The van der Waals surface area contributed by atoms with Gasteiger partial charge in [0.25, 0.3) is 5.69 Å². The first-order valence-electron chi connectivity index (χ1n) is 9.60. The minimum Gasteiger partial charge on any atom is -0.314 e. The number of rotatable bonds is 4. The highest BCUT2D eigenvalue weighted by molar-refractivity contribution is 6.30. The number of benzene rings is 3. The zero-order valence-corrected chi connectivity index (χ0v) is 17.4. The van der Waals surface area contributed by atoms with Crippen LogP contribution in [0.15, 0.2) is 77.9 Å². The maximum atomic E-state index is 12.9. The summed E-state index contributed by atoms with van der Waals surface area (Å²) in [6.45, 7) is 0.0355. The number of halogens is 1. The monoisotopic (exact) mass is 434 g/mol. The molecule has 8 heteroatoms. The number of hydrogen-bond donors (Lipinski definition) is 0. The highest BCUT2D eigenvalue weighted by Gasteiger charge is 2.32. The highest BCUT2D eigenvalue weighted by atomic mass is 35.5. The molecule has 0 fully saturated rings. The normalized spacial score (nSPS) is 16.3. The van der Waals surface area contributed by atoms with Gasteiger partial charge in [0.05, 0.1) is 17.2 Å². The van der Waals surface area contributed by atoms with Crippen molar-refractivity contribution in [3.8, 4) is 0 Å². The summed E-state index contributed by atoms with van der Waals surface area (Å²) in [5.41, 5.74) is 3.11. The second-order valence-corrected chi connectivity index (χ2v) is 7.60. The van der Waals surface area contributed by atoms with Gasteiger partial charge in [0, 0.05) is 41.0 Å². The van der Waals surface area contributed by atoms with Crippen LogP contribution < -0.4 is 4.90 Å². The van der Waals surface area contributed by atoms with Crippen LogP contribution in [0.4, 0.5) is 11.4 Å². The standard InChI is InChI=1S/C23H19ClN4O3/c1-26-21-11-10-18(24)13-20(21)23(17-7-3-2-4-8-17)27(15-22(26)29)25-14-16-6-5-9-19(12-16)28(30)31/h2-14,23H,15H2,1H3/b25-14+. The van der Waals surface area contributed by atoms with E-state index in [-0.39, 0.29) is 24.2 Å². The van der Waals surface area contributed by atoms with Gasteiger partial charge in [0.15, 0.2) is 0 Å². The van der Waals surface area contributed by atoms with Gasteiger partial charge in [0.2, 0.25) is 5.91 Å². The molecule has 31 heavy (non-hydrogen) atoms. The van der Waals surface area contributed by atoms with Crippen molar-refractivity contribution in [3.05, 3.63) is 105 Å². The fourth-order valence-corrected chi connectivity index (χ4v) is 3.82. The van der Waals surface area contributed by atoms with Gasteiger partial charge >= 0.3 is 0 Å². The van der Waals surface area contributed by atoms with E-state index in [1.165, 1.54) is 18.3 Å². The van der Waals surface area contributed by atoms with Crippen molar-refractivity contribution in [2.75, 3.05) is 18.5 Å². The summed E-state index contributed by atoms with van der Waals surface area (Å²) < 4.78 is 0. The number of nitro groups is 1. The van der Waals surface area contributed by atoms with E-state index < -0.39 is 4.92 Å². The predicted octanol–water partition coefficient (Wildman–Crippen LogP) is 4.65. The van der Waals surface area contributed by atoms with Gasteiger partial charge in [-0.25, -0.2) is 0 Å². The Bertz CT molecular complexity index is 1170. The number of carbonyl (C=O) groups is 1. The Morgan fingerprint density at radius 2 is 1.87 bits per heavy atom. The van der Waals surface area contributed by atoms with E-state index in [4.69, 9.17) is 11.6 Å². The zero-order chi connectivity index (χ0) is 22.0. The molecule has 0 saturated carbocycles. The zero-order valence-electron chi connectivity index (χ0n) is 16.7. The van der Waals surface area contributed by atoms with Crippen LogP contribution in [0.5, 0.6) is 0 Å². The first-order valence-corrected chi connectivity index (χ1v) is 9.98. The van der Waals surface area contributed by atoms with Crippen molar-refractivity contribution in [1.82, 2.24) is 5.01 Å². The Morgan fingerprint density at radius 1 is 1.10 bits per heavy atom. The molecule has 1 atom stereocenters. The summed E-state index contributed by atoms with van der Waals surface area (Å²) >= 11 is 6.31. The lowest BCUT2D eigenvalue weighted by Gasteiger charge is -2.28. The molecule has 1 heterocycles. The van der Waals surface area contributed by atoms with Gasteiger partial charge < -0.3 is 4.90 Å². The second kappa shape index (κ2) is 8.57. The number of hydrazone groups is 1. The van der Waals surface area contributed by atoms with E-state index in [2.05, 4.69) is 5.10 Å². The number of hydrogen-bond acceptors (Lipinski definition) is 5. The number of nitro benzene ring substituents is 1. The van der Waals surface area contributed by atoms with Crippen LogP contribution in [0.3, 0.4) is 0 Å². The fraction of sp³-hybridized carbons (Fsp3) is 0.130. The Labute approximate surface area is 184 Å². The third-order valence-corrected chi connectivity index (χ3v) is 5.40. The van der Waals surface area contributed by atoms with E-state index in [0.717, 1.165) is 16.8 Å². The molecule has 0 N–H and O–H groups in total. The van der Waals surface area contributed by atoms with Crippen molar-refractivity contribution >= 4 is 35.1 Å². The average Bonchev–Trinajstić information content (AvgIpc) is 2.87. The molecular formula is C23H19ClN4O3. The van der Waals surface area contributed by atoms with E-state index in [1.54, 1.807) is 35.2 Å². The third kappa shape index (κ3) is 4.27. The molecular weight excluding hydrogens is 416 g/mol. The molecule has 1 aliphatic heterocycles. The molecule has 7 nitrogen and oxygen atoms in total. The second-order valence-electron chi connectivity index (χ2n) is 7.16. The number of nitrogens with zero attached hydrogens (tertiary/aromatic N) is 4. The SMILES string of the molecule is CN1C(=O)CN(/N=C/c2cccc([N+](=O)[O-])c2)C(c2ccccc2)c2cc(Cl)ccc21. The van der Waals surface area contributed by atoms with Crippen molar-refractivity contribution in [2.45, 2.75) is 6.04 Å². The summed E-state index contributed by atoms with van der Waals surface area (Å²) in [4.78, 5) is 25.1. The van der Waals surface area contributed by atoms with Crippen LogP contribution in [0, 0.1) is 10.1 Å². The van der Waals surface area contributed by atoms with Gasteiger partial charge in [-0.2, -0.15) is 5.10 Å². The van der Waals surface area contributed by atoms with E-state index >= 15 is 0 Å². The number of anilines is 1.